The molecule has 1 aliphatic carbocycles. The Bertz CT molecular complexity index is 1230. The highest BCUT2D eigenvalue weighted by Gasteiger charge is 2.80. The monoisotopic (exact) mass is 452 g/mol. The molecule has 2 saturated heterocycles. The van der Waals surface area contributed by atoms with Crippen molar-refractivity contribution in [3.8, 4) is 29.7 Å². The average Bonchev–Trinajstić information content (AvgIpc) is 3.02. The zero-order chi connectivity index (χ0) is 23.8. The molecule has 3 fully saturated rings. The van der Waals surface area contributed by atoms with Gasteiger partial charge in [-0.1, -0.05) is 49.6 Å². The van der Waals surface area contributed by atoms with Gasteiger partial charge in [0, 0.05) is 6.42 Å². The Balaban J connectivity index is 1.64. The van der Waals surface area contributed by atoms with Gasteiger partial charge >= 0.3 is 0 Å². The largest absolute Gasteiger partial charge is 0.457 e. The molecule has 5 rings (SSSR count). The number of nitrogens with one attached hydrogen (secondary N) is 1. The van der Waals surface area contributed by atoms with Gasteiger partial charge in [0.2, 0.25) is 17.1 Å². The minimum atomic E-state index is -1.95. The summed E-state index contributed by atoms with van der Waals surface area (Å²) in [6, 6.07) is 22.8. The lowest BCUT2D eigenvalue weighted by Crippen LogP contribution is -2.59. The molecule has 0 amide bonds. The molecule has 7 nitrogen and oxygen atoms in total. The van der Waals surface area contributed by atoms with Crippen molar-refractivity contribution in [3.05, 3.63) is 60.2 Å². The van der Waals surface area contributed by atoms with E-state index in [1.54, 1.807) is 24.3 Å². The quantitative estimate of drug-likeness (QED) is 0.631. The van der Waals surface area contributed by atoms with Crippen molar-refractivity contribution < 1.29 is 14.2 Å². The van der Waals surface area contributed by atoms with Crippen molar-refractivity contribution in [1.82, 2.24) is 0 Å². The first-order chi connectivity index (χ1) is 16.5. The van der Waals surface area contributed by atoms with Crippen LogP contribution in [0.1, 0.15) is 50.2 Å². The Hall–Kier alpha value is -3.86. The second kappa shape index (κ2) is 8.17. The molecular weight excluding hydrogens is 428 g/mol. The highest BCUT2D eigenvalue weighted by atomic mass is 16.7. The summed E-state index contributed by atoms with van der Waals surface area (Å²) in [4.78, 5) is 0. The van der Waals surface area contributed by atoms with E-state index < -0.39 is 28.6 Å². The zero-order valence-corrected chi connectivity index (χ0v) is 18.7. The molecule has 3 aliphatic rings. The van der Waals surface area contributed by atoms with Gasteiger partial charge in [0.1, 0.15) is 17.6 Å². The summed E-state index contributed by atoms with van der Waals surface area (Å²) in [5.41, 5.74) is -3.13. The van der Waals surface area contributed by atoms with E-state index >= 15 is 0 Å². The number of hydrogen-bond donors (Lipinski definition) is 1. The van der Waals surface area contributed by atoms with Gasteiger partial charge in [-0.3, -0.25) is 5.41 Å². The fourth-order valence-corrected chi connectivity index (χ4v) is 5.88. The first-order valence-electron chi connectivity index (χ1n) is 11.6. The lowest BCUT2D eigenvalue weighted by Gasteiger charge is -2.50. The van der Waals surface area contributed by atoms with Crippen LogP contribution >= 0.6 is 0 Å². The molecule has 34 heavy (non-hydrogen) atoms. The topological polar surface area (TPSA) is 123 Å². The third-order valence-electron chi connectivity index (χ3n) is 7.46. The molecule has 2 aliphatic heterocycles. The Kier molecular flexibility index (Phi) is 5.28. The molecule has 0 radical (unpaired) electrons. The van der Waals surface area contributed by atoms with Crippen LogP contribution in [-0.2, 0) is 9.47 Å². The van der Waals surface area contributed by atoms with E-state index in [1.807, 2.05) is 30.3 Å². The van der Waals surface area contributed by atoms with Crippen LogP contribution < -0.4 is 4.74 Å². The zero-order valence-electron chi connectivity index (χ0n) is 18.7. The molecule has 170 valence electrons. The predicted molar refractivity (Wildman–Crippen MR) is 121 cm³/mol. The minimum Gasteiger partial charge on any atom is -0.457 e. The average molecular weight is 453 g/mol. The first kappa shape index (κ1) is 22.0. The molecule has 1 N–H and O–H groups in total. The van der Waals surface area contributed by atoms with Crippen LogP contribution in [0.3, 0.4) is 0 Å². The van der Waals surface area contributed by atoms with E-state index in [-0.39, 0.29) is 5.90 Å². The predicted octanol–water partition coefficient (Wildman–Crippen LogP) is 5.77. The Labute approximate surface area is 198 Å². The van der Waals surface area contributed by atoms with Gasteiger partial charge in [-0.15, -0.1) is 0 Å². The second-order valence-electron chi connectivity index (χ2n) is 9.19. The first-order valence-corrected chi connectivity index (χ1v) is 11.6. The van der Waals surface area contributed by atoms with E-state index in [2.05, 4.69) is 18.2 Å². The van der Waals surface area contributed by atoms with Crippen LogP contribution in [0.25, 0.3) is 0 Å². The van der Waals surface area contributed by atoms with Crippen molar-refractivity contribution in [1.29, 1.82) is 21.2 Å². The van der Waals surface area contributed by atoms with Gasteiger partial charge < -0.3 is 14.2 Å². The number of hydrogen-bond acceptors (Lipinski definition) is 7. The van der Waals surface area contributed by atoms with Crippen LogP contribution in [0, 0.1) is 56.2 Å². The molecule has 0 spiro atoms. The van der Waals surface area contributed by atoms with Crippen molar-refractivity contribution in [2.45, 2.75) is 50.4 Å². The Morgan fingerprint density at radius 2 is 1.62 bits per heavy atom. The maximum Gasteiger partial charge on any atom is 0.217 e. The van der Waals surface area contributed by atoms with Crippen LogP contribution in [-0.4, -0.2) is 11.7 Å². The highest BCUT2D eigenvalue weighted by molar-refractivity contribution is 5.89. The van der Waals surface area contributed by atoms with Gasteiger partial charge in [0.05, 0.1) is 24.1 Å². The molecule has 4 atom stereocenters. The van der Waals surface area contributed by atoms with E-state index in [0.29, 0.717) is 29.9 Å². The third kappa shape index (κ3) is 2.93. The molecule has 2 aromatic rings. The highest BCUT2D eigenvalue weighted by Crippen LogP contribution is 2.68. The number of nitriles is 3. The molecular formula is C27H24N4O3. The maximum atomic E-state index is 10.5. The van der Waals surface area contributed by atoms with E-state index in [0.717, 1.165) is 25.7 Å². The van der Waals surface area contributed by atoms with Gasteiger partial charge in [0.15, 0.2) is 5.41 Å². The van der Waals surface area contributed by atoms with Crippen molar-refractivity contribution in [2.75, 3.05) is 0 Å². The summed E-state index contributed by atoms with van der Waals surface area (Å²) >= 11 is 0. The SMILES string of the molecule is N#CC1(C#N)C(c2cccc(Oc3ccccc3)c2)OC23CCCCCCC2C1(C#N)C(=N)O3. The summed E-state index contributed by atoms with van der Waals surface area (Å²) < 4.78 is 18.6. The smallest absolute Gasteiger partial charge is 0.217 e. The molecule has 2 aromatic carbocycles. The van der Waals surface area contributed by atoms with Gasteiger partial charge in [-0.05, 0) is 42.7 Å². The standard InChI is InChI=1S/C27H24N4O3/c28-16-25(17-29)23(19-9-8-12-21(15-19)32-20-10-4-3-5-11-20)33-27-14-7-2-1-6-13-22(27)26(25,18-30)24(31)34-27/h3-5,8-12,15,22-23,31H,1-2,6-7,13-14H2. The third-order valence-corrected chi connectivity index (χ3v) is 7.46. The molecule has 4 unspecified atom stereocenters. The number of ether oxygens (including phenoxy) is 3. The number of nitrogens with zero attached hydrogens (tertiary/aromatic N) is 3. The van der Waals surface area contributed by atoms with Gasteiger partial charge in [-0.25, -0.2) is 0 Å². The minimum absolute atomic E-state index is 0.329. The summed E-state index contributed by atoms with van der Waals surface area (Å²) in [6.45, 7) is 0. The number of benzene rings is 2. The number of rotatable bonds is 3. The molecule has 2 bridgehead atoms. The fourth-order valence-electron chi connectivity index (χ4n) is 5.88. The second-order valence-corrected chi connectivity index (χ2v) is 9.19. The van der Waals surface area contributed by atoms with E-state index in [1.165, 1.54) is 0 Å². The summed E-state index contributed by atoms with van der Waals surface area (Å²) in [5, 5.41) is 40.1. The van der Waals surface area contributed by atoms with Crippen molar-refractivity contribution in [3.63, 3.8) is 0 Å². The molecule has 2 heterocycles. The summed E-state index contributed by atoms with van der Waals surface area (Å²) in [5.74, 6) is -0.927. The van der Waals surface area contributed by atoms with Crippen LogP contribution in [0.4, 0.5) is 0 Å². The normalized spacial score (nSPS) is 31.4. The lowest BCUT2D eigenvalue weighted by atomic mass is 9.52. The van der Waals surface area contributed by atoms with Crippen LogP contribution in [0.15, 0.2) is 54.6 Å². The van der Waals surface area contributed by atoms with Gasteiger partial charge in [-0.2, -0.15) is 15.8 Å². The van der Waals surface area contributed by atoms with E-state index in [9.17, 15) is 15.8 Å². The van der Waals surface area contributed by atoms with Gasteiger partial charge in [0.25, 0.3) is 0 Å². The van der Waals surface area contributed by atoms with Crippen LogP contribution in [0.5, 0.6) is 11.5 Å². The van der Waals surface area contributed by atoms with Crippen LogP contribution in [0.2, 0.25) is 0 Å². The van der Waals surface area contributed by atoms with Crippen molar-refractivity contribution >= 4 is 5.90 Å². The maximum absolute atomic E-state index is 10.5. The molecule has 1 saturated carbocycles. The van der Waals surface area contributed by atoms with E-state index in [4.69, 9.17) is 19.6 Å². The Morgan fingerprint density at radius 1 is 0.882 bits per heavy atom. The number of para-hydroxylation sites is 1. The Morgan fingerprint density at radius 3 is 2.35 bits per heavy atom. The fraction of sp³-hybridized carbons (Fsp3) is 0.407. The molecule has 7 heteroatoms. The lowest BCUT2D eigenvalue weighted by molar-refractivity contribution is -0.289. The summed E-state index contributed by atoms with van der Waals surface area (Å²) in [6.07, 6.45) is 3.63. The summed E-state index contributed by atoms with van der Waals surface area (Å²) in [7, 11) is 0. The van der Waals surface area contributed by atoms with Crippen molar-refractivity contribution in [2.24, 2.45) is 16.7 Å². The molecule has 0 aromatic heterocycles.